The number of nitrogens with zero attached hydrogens (tertiary/aromatic N) is 6. The Balaban J connectivity index is 1.36. The molecule has 0 radical (unpaired) electrons. The minimum Gasteiger partial charge on any atom is -0.308 e. The van der Waals surface area contributed by atoms with Gasteiger partial charge in [-0.3, -0.25) is 9.59 Å². The maximum atomic E-state index is 14.7. The first kappa shape index (κ1) is 35.5. The Morgan fingerprint density at radius 2 is 1.12 bits per heavy atom. The van der Waals surface area contributed by atoms with E-state index in [2.05, 4.69) is 24.3 Å². The number of nitriles is 4. The molecule has 7 aromatic carbocycles. The van der Waals surface area contributed by atoms with Crippen molar-refractivity contribution in [3.63, 3.8) is 0 Å². The van der Waals surface area contributed by atoms with E-state index in [0.29, 0.717) is 62.3 Å². The highest BCUT2D eigenvalue weighted by Gasteiger charge is 2.26. The third-order valence-electron chi connectivity index (χ3n) is 10.2. The molecule has 8 aromatic rings. The smallest absolute Gasteiger partial charge is 0.267 e. The summed E-state index contributed by atoms with van der Waals surface area (Å²) in [7, 11) is 0. The molecule has 0 atom stereocenters. The van der Waals surface area contributed by atoms with E-state index >= 15 is 0 Å². The summed E-state index contributed by atoms with van der Waals surface area (Å²) in [4.78, 5) is 28.7. The Hall–Kier alpha value is -8.56. The number of carbonyl (C=O) groups is 2. The Morgan fingerprint density at radius 1 is 0.561 bits per heavy atom. The standard InChI is InChI=1S/C49H28N6O2/c1-31-7-5-12-47(48(31)49(57)54(30-56)40-11-6-10-35(23-40)34-8-3-2-4-9-34)55-45-19-15-36(41-17-13-32(26-50)21-38(41)28-52)24-43(45)44-25-37(16-20-46(44)55)42-18-14-33(27-51)22-39(42)29-53/h2-25,30H,1H3. The van der Waals surface area contributed by atoms with Crippen molar-refractivity contribution in [2.45, 2.75) is 6.92 Å². The second-order valence-electron chi connectivity index (χ2n) is 13.4. The van der Waals surface area contributed by atoms with Gasteiger partial charge in [0.15, 0.2) is 0 Å². The van der Waals surface area contributed by atoms with Gasteiger partial charge in [-0.05, 0) is 113 Å². The second kappa shape index (κ2) is 14.7. The van der Waals surface area contributed by atoms with Crippen LogP contribution in [0.3, 0.4) is 0 Å². The Bertz CT molecular complexity index is 3000. The average Bonchev–Trinajstić information content (AvgIpc) is 3.59. The van der Waals surface area contributed by atoms with Gasteiger partial charge in [0.1, 0.15) is 0 Å². The van der Waals surface area contributed by atoms with E-state index in [4.69, 9.17) is 0 Å². The number of fused-ring (bicyclic) bond motifs is 3. The number of rotatable bonds is 7. The van der Waals surface area contributed by atoms with Gasteiger partial charge in [-0.25, -0.2) is 4.90 Å². The molecule has 8 heteroatoms. The molecule has 0 unspecified atom stereocenters. The van der Waals surface area contributed by atoms with Crippen molar-refractivity contribution in [2.75, 3.05) is 4.90 Å². The van der Waals surface area contributed by atoms with Crippen LogP contribution in [0.4, 0.5) is 5.69 Å². The van der Waals surface area contributed by atoms with E-state index in [0.717, 1.165) is 49.0 Å². The summed E-state index contributed by atoms with van der Waals surface area (Å²) in [5.74, 6) is -0.501. The molecule has 0 aliphatic rings. The molecule has 0 saturated carbocycles. The zero-order valence-electron chi connectivity index (χ0n) is 30.4. The minimum atomic E-state index is -0.501. The highest BCUT2D eigenvalue weighted by atomic mass is 16.2. The number of aryl methyl sites for hydroxylation is 1. The molecule has 0 aliphatic carbocycles. The molecule has 0 aliphatic heterocycles. The summed E-state index contributed by atoms with van der Waals surface area (Å²) in [6.07, 6.45) is 0.543. The van der Waals surface area contributed by atoms with Crippen molar-refractivity contribution >= 4 is 39.8 Å². The first-order chi connectivity index (χ1) is 27.9. The van der Waals surface area contributed by atoms with E-state index in [-0.39, 0.29) is 0 Å². The third kappa shape index (κ3) is 6.23. The number of aromatic nitrogens is 1. The van der Waals surface area contributed by atoms with Crippen LogP contribution in [0.1, 0.15) is 38.2 Å². The first-order valence-electron chi connectivity index (χ1n) is 17.9. The van der Waals surface area contributed by atoms with Crippen LogP contribution >= 0.6 is 0 Å². The lowest BCUT2D eigenvalue weighted by Gasteiger charge is -2.21. The number of amides is 2. The van der Waals surface area contributed by atoms with Gasteiger partial charge < -0.3 is 4.57 Å². The molecule has 0 spiro atoms. The number of carbonyl (C=O) groups excluding carboxylic acids is 2. The van der Waals surface area contributed by atoms with Crippen LogP contribution in [0.15, 0.2) is 146 Å². The molecule has 8 nitrogen and oxygen atoms in total. The van der Waals surface area contributed by atoms with Crippen molar-refractivity contribution in [3.8, 4) is 63.3 Å². The summed E-state index contributed by atoms with van der Waals surface area (Å²) >= 11 is 0. The normalized spacial score (nSPS) is 10.6. The van der Waals surface area contributed by atoms with Gasteiger partial charge in [0, 0.05) is 10.8 Å². The highest BCUT2D eigenvalue weighted by Crippen LogP contribution is 2.40. The van der Waals surface area contributed by atoms with Crippen molar-refractivity contribution in [1.82, 2.24) is 4.57 Å². The van der Waals surface area contributed by atoms with Gasteiger partial charge in [-0.1, -0.05) is 78.9 Å². The lowest BCUT2D eigenvalue weighted by molar-refractivity contribution is -0.106. The predicted octanol–water partition coefficient (Wildman–Crippen LogP) is 10.4. The van der Waals surface area contributed by atoms with E-state index in [1.54, 1.807) is 42.5 Å². The molecule has 1 aromatic heterocycles. The number of hydrogen-bond acceptors (Lipinski definition) is 6. The molecule has 266 valence electrons. The van der Waals surface area contributed by atoms with Gasteiger partial charge >= 0.3 is 0 Å². The quantitative estimate of drug-likeness (QED) is 0.150. The molecule has 0 saturated heterocycles. The molecule has 0 N–H and O–H groups in total. The molecular weight excluding hydrogens is 705 g/mol. The fourth-order valence-electron chi connectivity index (χ4n) is 7.46. The van der Waals surface area contributed by atoms with E-state index in [9.17, 15) is 30.6 Å². The van der Waals surface area contributed by atoms with Crippen molar-refractivity contribution < 1.29 is 9.59 Å². The molecule has 2 amide bonds. The maximum Gasteiger partial charge on any atom is 0.267 e. The van der Waals surface area contributed by atoms with Crippen LogP contribution in [-0.2, 0) is 4.79 Å². The zero-order chi connectivity index (χ0) is 39.6. The lowest BCUT2D eigenvalue weighted by Crippen LogP contribution is -2.31. The van der Waals surface area contributed by atoms with Crippen molar-refractivity contribution in [2.24, 2.45) is 0 Å². The molecule has 8 rings (SSSR count). The van der Waals surface area contributed by atoms with E-state index in [1.165, 1.54) is 0 Å². The summed E-state index contributed by atoms with van der Waals surface area (Å²) in [5, 5.41) is 40.7. The Kier molecular flexibility index (Phi) is 9.14. The van der Waals surface area contributed by atoms with Crippen molar-refractivity contribution in [1.29, 1.82) is 21.0 Å². The number of hydrogen-bond donors (Lipinski definition) is 0. The van der Waals surface area contributed by atoms with Crippen LogP contribution in [0.25, 0.3) is 60.9 Å². The van der Waals surface area contributed by atoms with Crippen LogP contribution < -0.4 is 4.90 Å². The first-order valence-corrected chi connectivity index (χ1v) is 17.9. The number of anilines is 1. The third-order valence-corrected chi connectivity index (χ3v) is 10.2. The number of imide groups is 1. The largest absolute Gasteiger partial charge is 0.308 e. The lowest BCUT2D eigenvalue weighted by atomic mass is 9.95. The molecule has 0 bridgehead atoms. The summed E-state index contributed by atoms with van der Waals surface area (Å²) in [6, 6.07) is 52.9. The number of benzene rings is 7. The van der Waals surface area contributed by atoms with E-state index in [1.807, 2.05) is 115 Å². The van der Waals surface area contributed by atoms with Crippen LogP contribution in [0, 0.1) is 52.2 Å². The molecule has 0 fully saturated rings. The van der Waals surface area contributed by atoms with Crippen LogP contribution in [0.2, 0.25) is 0 Å². The van der Waals surface area contributed by atoms with Gasteiger partial charge in [-0.2, -0.15) is 21.0 Å². The second-order valence-corrected chi connectivity index (χ2v) is 13.4. The summed E-state index contributed by atoms with van der Waals surface area (Å²) in [6.45, 7) is 1.84. The zero-order valence-corrected chi connectivity index (χ0v) is 30.4. The molecule has 1 heterocycles. The monoisotopic (exact) mass is 732 g/mol. The van der Waals surface area contributed by atoms with Crippen molar-refractivity contribution in [3.05, 3.63) is 179 Å². The van der Waals surface area contributed by atoms with Crippen LogP contribution in [-0.4, -0.2) is 16.9 Å². The van der Waals surface area contributed by atoms with Gasteiger partial charge in [0.05, 0.1) is 74.5 Å². The van der Waals surface area contributed by atoms with Gasteiger partial charge in [-0.15, -0.1) is 0 Å². The van der Waals surface area contributed by atoms with Crippen LogP contribution in [0.5, 0.6) is 0 Å². The fraction of sp³-hybridized carbons (Fsp3) is 0.0204. The topological polar surface area (TPSA) is 137 Å². The van der Waals surface area contributed by atoms with E-state index < -0.39 is 5.91 Å². The summed E-state index contributed by atoms with van der Waals surface area (Å²) in [5.41, 5.74) is 9.54. The maximum absolute atomic E-state index is 14.7. The average molecular weight is 733 g/mol. The highest BCUT2D eigenvalue weighted by molar-refractivity contribution is 6.19. The minimum absolute atomic E-state index is 0.333. The van der Waals surface area contributed by atoms with Gasteiger partial charge in [0.2, 0.25) is 6.41 Å². The predicted molar refractivity (Wildman–Crippen MR) is 220 cm³/mol. The molecule has 57 heavy (non-hydrogen) atoms. The molecular formula is C49H28N6O2. The summed E-state index contributed by atoms with van der Waals surface area (Å²) < 4.78 is 2.00. The Labute approximate surface area is 328 Å². The van der Waals surface area contributed by atoms with Gasteiger partial charge in [0.25, 0.3) is 5.91 Å². The Morgan fingerprint density at radius 3 is 1.67 bits per heavy atom. The fourth-order valence-corrected chi connectivity index (χ4v) is 7.46. The SMILES string of the molecule is Cc1cccc(-n2c3ccc(-c4ccc(C#N)cc4C#N)cc3c3cc(-c4ccc(C#N)cc4C#N)ccc32)c1C(=O)N(C=O)c1cccc(-c2ccccc2)c1.